The van der Waals surface area contributed by atoms with Gasteiger partial charge in [0.15, 0.2) is 17.3 Å². The van der Waals surface area contributed by atoms with Crippen LogP contribution in [0.2, 0.25) is 0 Å². The Hall–Kier alpha value is -2.46. The second-order valence-corrected chi connectivity index (χ2v) is 9.50. The largest absolute Gasteiger partial charge is 0.493 e. The number of Topliss-reactive ketones (excluding diaryl/α,β-unsaturated/α-hetero) is 1. The van der Waals surface area contributed by atoms with E-state index in [-0.39, 0.29) is 17.2 Å². The van der Waals surface area contributed by atoms with Crippen LogP contribution in [0.1, 0.15) is 22.8 Å². The topological polar surface area (TPSA) is 85.4 Å². The summed E-state index contributed by atoms with van der Waals surface area (Å²) in [6, 6.07) is 11.5. The summed E-state index contributed by atoms with van der Waals surface area (Å²) in [5, 5.41) is 0. The summed E-state index contributed by atoms with van der Waals surface area (Å²) in [4.78, 5) is 13.9. The first-order chi connectivity index (χ1) is 15.3. The minimum atomic E-state index is -3.79. The fraction of sp³-hybridized carbons (Fsp3) is 0.435. The van der Waals surface area contributed by atoms with Crippen molar-refractivity contribution in [1.82, 2.24) is 9.21 Å². The molecule has 0 unspecified atom stereocenters. The normalized spacial score (nSPS) is 15.0. The van der Waals surface area contributed by atoms with Crippen LogP contribution in [-0.4, -0.2) is 77.0 Å². The standard InChI is InChI=1S/C23H30N2O6S/c1-18(26)20-5-7-21(8-6-20)32(27,28)25(11-10-24-12-14-31-15-13-24)17-19-4-9-22(29-2)23(16-19)30-3/h4-9,16H,10-15,17H2,1-3H3. The zero-order valence-corrected chi connectivity index (χ0v) is 19.6. The average molecular weight is 463 g/mol. The number of nitrogens with zero attached hydrogens (tertiary/aromatic N) is 2. The van der Waals surface area contributed by atoms with Crippen LogP contribution in [0.3, 0.4) is 0 Å². The van der Waals surface area contributed by atoms with Crippen molar-refractivity contribution in [3.05, 3.63) is 53.6 Å². The molecule has 32 heavy (non-hydrogen) atoms. The van der Waals surface area contributed by atoms with Crippen LogP contribution in [0.15, 0.2) is 47.4 Å². The molecule has 8 nitrogen and oxygen atoms in total. The summed E-state index contributed by atoms with van der Waals surface area (Å²) < 4.78 is 44.5. The Morgan fingerprint density at radius 2 is 1.69 bits per heavy atom. The van der Waals surface area contributed by atoms with Gasteiger partial charge in [-0.05, 0) is 36.8 Å². The highest BCUT2D eigenvalue weighted by Crippen LogP contribution is 2.29. The molecule has 0 radical (unpaired) electrons. The lowest BCUT2D eigenvalue weighted by atomic mass is 10.2. The Labute approximate surface area is 189 Å². The summed E-state index contributed by atoms with van der Waals surface area (Å²) in [5.74, 6) is 1.02. The van der Waals surface area contributed by atoms with Gasteiger partial charge in [0.1, 0.15) is 0 Å². The van der Waals surface area contributed by atoms with Crippen molar-refractivity contribution in [2.45, 2.75) is 18.4 Å². The summed E-state index contributed by atoms with van der Waals surface area (Å²) in [6.07, 6.45) is 0. The van der Waals surface area contributed by atoms with Gasteiger partial charge < -0.3 is 14.2 Å². The van der Waals surface area contributed by atoms with Crippen LogP contribution in [0.25, 0.3) is 0 Å². The maximum atomic E-state index is 13.5. The number of ketones is 1. The monoisotopic (exact) mass is 462 g/mol. The van der Waals surface area contributed by atoms with E-state index in [2.05, 4.69) is 4.90 Å². The number of benzene rings is 2. The molecule has 1 heterocycles. The predicted octanol–water partition coefficient (Wildman–Crippen LogP) is 2.43. The first-order valence-corrected chi connectivity index (χ1v) is 11.9. The molecule has 0 atom stereocenters. The molecule has 1 saturated heterocycles. The average Bonchev–Trinajstić information content (AvgIpc) is 2.82. The molecule has 2 aromatic rings. The molecule has 0 aromatic heterocycles. The van der Waals surface area contributed by atoms with Crippen molar-refractivity contribution in [2.75, 3.05) is 53.6 Å². The number of carbonyl (C=O) groups is 1. The van der Waals surface area contributed by atoms with E-state index in [1.165, 1.54) is 23.4 Å². The fourth-order valence-electron chi connectivity index (χ4n) is 3.56. The first kappa shape index (κ1) is 24.2. The van der Waals surface area contributed by atoms with Crippen LogP contribution in [0, 0.1) is 0 Å². The molecule has 2 aromatic carbocycles. The summed E-state index contributed by atoms with van der Waals surface area (Å²) in [5.41, 5.74) is 1.26. The zero-order valence-electron chi connectivity index (χ0n) is 18.7. The summed E-state index contributed by atoms with van der Waals surface area (Å²) in [7, 11) is -0.682. The van der Waals surface area contributed by atoms with Gasteiger partial charge >= 0.3 is 0 Å². The van der Waals surface area contributed by atoms with Crippen molar-refractivity contribution >= 4 is 15.8 Å². The van der Waals surface area contributed by atoms with Gasteiger partial charge in [-0.15, -0.1) is 0 Å². The van der Waals surface area contributed by atoms with Gasteiger partial charge in [-0.2, -0.15) is 4.31 Å². The smallest absolute Gasteiger partial charge is 0.243 e. The van der Waals surface area contributed by atoms with E-state index in [1.807, 2.05) is 6.07 Å². The van der Waals surface area contributed by atoms with Gasteiger partial charge in [-0.3, -0.25) is 9.69 Å². The Kier molecular flexibility index (Phi) is 8.25. The Morgan fingerprint density at radius 3 is 2.28 bits per heavy atom. The molecule has 0 spiro atoms. The van der Waals surface area contributed by atoms with Gasteiger partial charge in [0, 0.05) is 38.3 Å². The SMILES string of the molecule is COc1ccc(CN(CCN2CCOCC2)S(=O)(=O)c2ccc(C(C)=O)cc2)cc1OC. The van der Waals surface area contributed by atoms with E-state index < -0.39 is 10.0 Å². The molecule has 0 bridgehead atoms. The maximum absolute atomic E-state index is 13.5. The highest BCUT2D eigenvalue weighted by molar-refractivity contribution is 7.89. The van der Waals surface area contributed by atoms with Gasteiger partial charge in [0.2, 0.25) is 10.0 Å². The fourth-order valence-corrected chi connectivity index (χ4v) is 4.97. The number of morpholine rings is 1. The number of sulfonamides is 1. The third-order valence-corrected chi connectivity index (χ3v) is 7.33. The predicted molar refractivity (Wildman–Crippen MR) is 121 cm³/mol. The number of ether oxygens (including phenoxy) is 3. The third-order valence-electron chi connectivity index (χ3n) is 5.47. The highest BCUT2D eigenvalue weighted by atomic mass is 32.2. The molecule has 1 aliphatic heterocycles. The highest BCUT2D eigenvalue weighted by Gasteiger charge is 2.26. The Balaban J connectivity index is 1.87. The molecule has 1 aliphatic rings. The molecule has 174 valence electrons. The lowest BCUT2D eigenvalue weighted by molar-refractivity contribution is 0.0361. The van der Waals surface area contributed by atoms with Gasteiger partial charge in [0.25, 0.3) is 0 Å². The van der Waals surface area contributed by atoms with Crippen LogP contribution in [0.5, 0.6) is 11.5 Å². The number of carbonyl (C=O) groups excluding carboxylic acids is 1. The van der Waals surface area contributed by atoms with Crippen molar-refractivity contribution in [2.24, 2.45) is 0 Å². The molecule has 0 amide bonds. The molecular formula is C23H30N2O6S. The quantitative estimate of drug-likeness (QED) is 0.501. The van der Waals surface area contributed by atoms with Gasteiger partial charge in [-0.25, -0.2) is 8.42 Å². The molecule has 3 rings (SSSR count). The number of hydrogen-bond acceptors (Lipinski definition) is 7. The molecule has 0 N–H and O–H groups in total. The molecule has 0 saturated carbocycles. The Morgan fingerprint density at radius 1 is 1.03 bits per heavy atom. The van der Waals surface area contributed by atoms with Crippen LogP contribution < -0.4 is 9.47 Å². The Bertz CT molecular complexity index is 1020. The van der Waals surface area contributed by atoms with Crippen molar-refractivity contribution in [3.63, 3.8) is 0 Å². The van der Waals surface area contributed by atoms with E-state index in [0.717, 1.165) is 18.7 Å². The first-order valence-electron chi connectivity index (χ1n) is 10.5. The van der Waals surface area contributed by atoms with Crippen LogP contribution in [0.4, 0.5) is 0 Å². The van der Waals surface area contributed by atoms with Crippen LogP contribution in [-0.2, 0) is 21.3 Å². The second-order valence-electron chi connectivity index (χ2n) is 7.56. The lowest BCUT2D eigenvalue weighted by Crippen LogP contribution is -2.42. The zero-order chi connectivity index (χ0) is 23.1. The minimum Gasteiger partial charge on any atom is -0.493 e. The van der Waals surface area contributed by atoms with Crippen molar-refractivity contribution in [3.8, 4) is 11.5 Å². The van der Waals surface area contributed by atoms with E-state index >= 15 is 0 Å². The van der Waals surface area contributed by atoms with E-state index in [1.54, 1.807) is 38.5 Å². The molecule has 9 heteroatoms. The van der Waals surface area contributed by atoms with Crippen LogP contribution >= 0.6 is 0 Å². The summed E-state index contributed by atoms with van der Waals surface area (Å²) in [6.45, 7) is 5.40. The van der Waals surface area contributed by atoms with Crippen molar-refractivity contribution < 1.29 is 27.4 Å². The second kappa shape index (κ2) is 10.9. The van der Waals surface area contributed by atoms with Crippen molar-refractivity contribution in [1.29, 1.82) is 0 Å². The molecular weight excluding hydrogens is 432 g/mol. The van der Waals surface area contributed by atoms with E-state index in [0.29, 0.717) is 43.4 Å². The number of rotatable bonds is 10. The van der Waals surface area contributed by atoms with E-state index in [4.69, 9.17) is 14.2 Å². The minimum absolute atomic E-state index is 0.108. The third kappa shape index (κ3) is 5.86. The maximum Gasteiger partial charge on any atom is 0.243 e. The lowest BCUT2D eigenvalue weighted by Gasteiger charge is -2.30. The number of hydrogen-bond donors (Lipinski definition) is 0. The van der Waals surface area contributed by atoms with Gasteiger partial charge in [0.05, 0.1) is 32.3 Å². The van der Waals surface area contributed by atoms with Gasteiger partial charge in [-0.1, -0.05) is 18.2 Å². The van der Waals surface area contributed by atoms with E-state index in [9.17, 15) is 13.2 Å². The number of methoxy groups -OCH3 is 2. The molecule has 1 fully saturated rings. The molecule has 0 aliphatic carbocycles. The summed E-state index contributed by atoms with van der Waals surface area (Å²) >= 11 is 0.